The summed E-state index contributed by atoms with van der Waals surface area (Å²) in [6, 6.07) is 19.7. The fourth-order valence-corrected chi connectivity index (χ4v) is 2.92. The summed E-state index contributed by atoms with van der Waals surface area (Å²) >= 11 is 0. The van der Waals surface area contributed by atoms with Crippen LogP contribution >= 0.6 is 0 Å². The second-order valence-electron chi connectivity index (χ2n) is 6.12. The van der Waals surface area contributed by atoms with Crippen LogP contribution in [0.1, 0.15) is 5.56 Å². The first-order chi connectivity index (χ1) is 13.2. The molecular formula is C21H17N3O3. The Morgan fingerprint density at radius 2 is 1.78 bits per heavy atom. The molecule has 0 amide bonds. The third-order valence-electron chi connectivity index (χ3n) is 4.24. The molecule has 0 saturated carbocycles. The summed E-state index contributed by atoms with van der Waals surface area (Å²) in [6.45, 7) is 0. The van der Waals surface area contributed by atoms with Crippen LogP contribution in [0, 0.1) is 0 Å². The Morgan fingerprint density at radius 1 is 1.00 bits per heavy atom. The Balaban J connectivity index is 1.73. The minimum absolute atomic E-state index is 0.338. The number of nitrogens with one attached hydrogen (secondary N) is 1. The zero-order valence-electron chi connectivity index (χ0n) is 14.4. The van der Waals surface area contributed by atoms with E-state index in [4.69, 9.17) is 4.42 Å². The zero-order valence-corrected chi connectivity index (χ0v) is 14.4. The van der Waals surface area contributed by atoms with E-state index < -0.39 is 12.0 Å². The number of benzene rings is 2. The number of aromatic nitrogens is 2. The van der Waals surface area contributed by atoms with E-state index in [0.29, 0.717) is 29.3 Å². The lowest BCUT2D eigenvalue weighted by Gasteiger charge is -2.17. The van der Waals surface area contributed by atoms with E-state index in [9.17, 15) is 9.90 Å². The lowest BCUT2D eigenvalue weighted by Crippen LogP contribution is -2.32. The third-order valence-corrected chi connectivity index (χ3v) is 4.24. The van der Waals surface area contributed by atoms with Crippen LogP contribution in [-0.4, -0.2) is 27.1 Å². The van der Waals surface area contributed by atoms with Gasteiger partial charge in [0, 0.05) is 11.8 Å². The Labute approximate surface area is 155 Å². The van der Waals surface area contributed by atoms with Gasteiger partial charge in [-0.1, -0.05) is 42.5 Å². The molecule has 0 spiro atoms. The van der Waals surface area contributed by atoms with Crippen LogP contribution in [0.2, 0.25) is 0 Å². The molecule has 134 valence electrons. The highest BCUT2D eigenvalue weighted by Gasteiger charge is 2.20. The molecule has 27 heavy (non-hydrogen) atoms. The van der Waals surface area contributed by atoms with Crippen molar-refractivity contribution in [1.82, 2.24) is 9.97 Å². The van der Waals surface area contributed by atoms with Crippen molar-refractivity contribution >= 4 is 22.7 Å². The van der Waals surface area contributed by atoms with Gasteiger partial charge in [0.25, 0.3) is 0 Å². The minimum Gasteiger partial charge on any atom is -0.480 e. The number of hydrogen-bond donors (Lipinski definition) is 2. The first-order valence-corrected chi connectivity index (χ1v) is 8.54. The number of nitrogens with zero attached hydrogens (tertiary/aromatic N) is 2. The summed E-state index contributed by atoms with van der Waals surface area (Å²) in [6.07, 6.45) is 1.89. The van der Waals surface area contributed by atoms with Gasteiger partial charge < -0.3 is 14.8 Å². The SMILES string of the molecule is O=C(O)C(Cc1ccccc1)Nc1nc(-c2ccco2)nc2ccccc12. The highest BCUT2D eigenvalue weighted by atomic mass is 16.4. The van der Waals surface area contributed by atoms with Crippen LogP contribution in [0.3, 0.4) is 0 Å². The number of aliphatic carboxylic acids is 1. The van der Waals surface area contributed by atoms with Crippen LogP contribution in [0.15, 0.2) is 77.4 Å². The maximum atomic E-state index is 11.8. The molecule has 0 fully saturated rings. The number of anilines is 1. The Kier molecular flexibility index (Phi) is 4.53. The third kappa shape index (κ3) is 3.64. The fraction of sp³-hybridized carbons (Fsp3) is 0.0952. The standard InChI is InChI=1S/C21H17N3O3/c25-21(26)17(13-14-7-2-1-3-8-14)23-19-15-9-4-5-10-16(15)22-20(24-19)18-11-6-12-27-18/h1-12,17H,13H2,(H,25,26)(H,22,23,24). The molecule has 0 aliphatic rings. The molecule has 2 aromatic carbocycles. The van der Waals surface area contributed by atoms with Crippen molar-refractivity contribution in [3.05, 3.63) is 78.6 Å². The maximum Gasteiger partial charge on any atom is 0.326 e. The Bertz CT molecular complexity index is 1060. The van der Waals surface area contributed by atoms with Gasteiger partial charge in [0.2, 0.25) is 0 Å². The smallest absolute Gasteiger partial charge is 0.326 e. The summed E-state index contributed by atoms with van der Waals surface area (Å²) in [4.78, 5) is 20.9. The molecule has 0 saturated heterocycles. The van der Waals surface area contributed by atoms with E-state index in [1.54, 1.807) is 18.4 Å². The van der Waals surface area contributed by atoms with Gasteiger partial charge >= 0.3 is 5.97 Å². The molecule has 0 aliphatic carbocycles. The van der Waals surface area contributed by atoms with Crippen molar-refractivity contribution in [3.63, 3.8) is 0 Å². The van der Waals surface area contributed by atoms with Crippen molar-refractivity contribution < 1.29 is 14.3 Å². The van der Waals surface area contributed by atoms with Gasteiger partial charge in [0.1, 0.15) is 11.9 Å². The second-order valence-corrected chi connectivity index (χ2v) is 6.12. The Morgan fingerprint density at radius 3 is 2.52 bits per heavy atom. The topological polar surface area (TPSA) is 88.2 Å². The van der Waals surface area contributed by atoms with Gasteiger partial charge in [-0.05, 0) is 29.8 Å². The van der Waals surface area contributed by atoms with Crippen LogP contribution < -0.4 is 5.32 Å². The number of para-hydroxylation sites is 1. The first kappa shape index (κ1) is 16.8. The van der Waals surface area contributed by atoms with Crippen molar-refractivity contribution in [2.45, 2.75) is 12.5 Å². The molecule has 1 unspecified atom stereocenters. The van der Waals surface area contributed by atoms with E-state index in [1.165, 1.54) is 0 Å². The van der Waals surface area contributed by atoms with Gasteiger partial charge in [0.15, 0.2) is 11.6 Å². The number of carboxylic acid groups (broad SMARTS) is 1. The first-order valence-electron chi connectivity index (χ1n) is 8.54. The highest BCUT2D eigenvalue weighted by Crippen LogP contribution is 2.26. The number of furan rings is 1. The van der Waals surface area contributed by atoms with E-state index in [-0.39, 0.29) is 0 Å². The molecule has 0 bridgehead atoms. The second kappa shape index (κ2) is 7.29. The predicted molar refractivity (Wildman–Crippen MR) is 102 cm³/mol. The molecular weight excluding hydrogens is 342 g/mol. The summed E-state index contributed by atoms with van der Waals surface area (Å²) in [5.74, 6) is 0.459. The largest absolute Gasteiger partial charge is 0.480 e. The number of fused-ring (bicyclic) bond motifs is 1. The molecule has 2 heterocycles. The number of carbonyl (C=O) groups is 1. The van der Waals surface area contributed by atoms with Crippen molar-refractivity contribution in [2.75, 3.05) is 5.32 Å². The van der Waals surface area contributed by atoms with Gasteiger partial charge in [-0.25, -0.2) is 14.8 Å². The van der Waals surface area contributed by atoms with E-state index in [2.05, 4.69) is 15.3 Å². The van der Waals surface area contributed by atoms with Gasteiger partial charge in [-0.15, -0.1) is 0 Å². The van der Waals surface area contributed by atoms with Crippen molar-refractivity contribution in [2.24, 2.45) is 0 Å². The molecule has 2 N–H and O–H groups in total. The molecule has 4 aromatic rings. The number of carboxylic acids is 1. The molecule has 6 nitrogen and oxygen atoms in total. The zero-order chi connectivity index (χ0) is 18.6. The van der Waals surface area contributed by atoms with Crippen LogP contribution in [0.4, 0.5) is 5.82 Å². The molecule has 0 aliphatic heterocycles. The van der Waals surface area contributed by atoms with Crippen molar-refractivity contribution in [3.8, 4) is 11.6 Å². The predicted octanol–water partition coefficient (Wildman–Crippen LogP) is 4.00. The van der Waals surface area contributed by atoms with Gasteiger partial charge in [-0.3, -0.25) is 0 Å². The van der Waals surface area contributed by atoms with Crippen molar-refractivity contribution in [1.29, 1.82) is 0 Å². The van der Waals surface area contributed by atoms with E-state index >= 15 is 0 Å². The summed E-state index contributed by atoms with van der Waals surface area (Å²) in [7, 11) is 0. The molecule has 6 heteroatoms. The lowest BCUT2D eigenvalue weighted by atomic mass is 10.1. The molecule has 0 radical (unpaired) electrons. The summed E-state index contributed by atoms with van der Waals surface area (Å²) in [5, 5.41) is 13.5. The van der Waals surface area contributed by atoms with Crippen LogP contribution in [-0.2, 0) is 11.2 Å². The molecule has 4 rings (SSSR count). The van der Waals surface area contributed by atoms with Gasteiger partial charge in [0.05, 0.1) is 11.8 Å². The molecule has 1 atom stereocenters. The highest BCUT2D eigenvalue weighted by molar-refractivity contribution is 5.92. The van der Waals surface area contributed by atoms with Crippen LogP contribution in [0.5, 0.6) is 0 Å². The summed E-state index contributed by atoms with van der Waals surface area (Å²) in [5.41, 5.74) is 1.65. The summed E-state index contributed by atoms with van der Waals surface area (Å²) < 4.78 is 5.40. The number of hydrogen-bond acceptors (Lipinski definition) is 5. The minimum atomic E-state index is -0.943. The molecule has 2 aromatic heterocycles. The average Bonchev–Trinajstić information content (AvgIpc) is 3.23. The quantitative estimate of drug-likeness (QED) is 0.541. The van der Waals surface area contributed by atoms with Crippen LogP contribution in [0.25, 0.3) is 22.5 Å². The van der Waals surface area contributed by atoms with E-state index in [1.807, 2.05) is 54.6 Å². The monoisotopic (exact) mass is 359 g/mol. The van der Waals surface area contributed by atoms with Gasteiger partial charge in [-0.2, -0.15) is 0 Å². The Hall–Kier alpha value is -3.67. The fourth-order valence-electron chi connectivity index (χ4n) is 2.92. The number of rotatable bonds is 6. The maximum absolute atomic E-state index is 11.8. The van der Waals surface area contributed by atoms with E-state index in [0.717, 1.165) is 10.9 Å². The lowest BCUT2D eigenvalue weighted by molar-refractivity contribution is -0.137. The average molecular weight is 359 g/mol. The normalized spacial score (nSPS) is 12.0.